The van der Waals surface area contributed by atoms with Crippen LogP contribution in [0.2, 0.25) is 0 Å². The van der Waals surface area contributed by atoms with Crippen molar-refractivity contribution in [1.29, 1.82) is 0 Å². The standard InChI is InChI=1S/C31H37F3N3O2/c1-3-21-9-8-12-25-27(30(38)39-2)26(20-37(17-5-4-6-18-37)24-13-15-35-16-14-24)29(36-28(21)25)22-10-7-11-23(19-22)31(32,33)34/h7-12,19,24,35H,3-6,13-18,20H2,1-2H3/q+1. The minimum absolute atomic E-state index is 0.373. The Hall–Kier alpha value is -2.97. The SMILES string of the molecule is CCc1cccc2c(C(=O)OC)c(C[N+]3(C4CCNCC4)CCCCC3)c(-c3cccc(C(F)(F)F)c3)nc12. The summed E-state index contributed by atoms with van der Waals surface area (Å²) in [5.74, 6) is -0.473. The molecule has 5 nitrogen and oxygen atoms in total. The predicted octanol–water partition coefficient (Wildman–Crippen LogP) is 6.52. The molecule has 0 aliphatic carbocycles. The number of halogens is 3. The molecule has 0 saturated carbocycles. The second kappa shape index (κ2) is 11.3. The van der Waals surface area contributed by atoms with E-state index < -0.39 is 17.7 Å². The van der Waals surface area contributed by atoms with E-state index in [1.54, 1.807) is 6.07 Å². The first kappa shape index (κ1) is 27.6. The van der Waals surface area contributed by atoms with Gasteiger partial charge in [0.05, 0.1) is 48.6 Å². The van der Waals surface area contributed by atoms with Crippen molar-refractivity contribution in [2.24, 2.45) is 0 Å². The van der Waals surface area contributed by atoms with Crippen molar-refractivity contribution in [3.8, 4) is 11.3 Å². The average Bonchev–Trinajstić information content (AvgIpc) is 2.96. The van der Waals surface area contributed by atoms with E-state index in [1.165, 1.54) is 25.7 Å². The number of carbonyl (C=O) groups excluding carboxylic acids is 1. The molecule has 39 heavy (non-hydrogen) atoms. The largest absolute Gasteiger partial charge is 0.465 e. The summed E-state index contributed by atoms with van der Waals surface area (Å²) in [5, 5.41) is 4.17. The Kier molecular flexibility index (Phi) is 7.96. The molecule has 0 amide bonds. The Morgan fingerprint density at radius 3 is 2.46 bits per heavy atom. The number of fused-ring (bicyclic) bond motifs is 1. The van der Waals surface area contributed by atoms with Gasteiger partial charge < -0.3 is 14.5 Å². The summed E-state index contributed by atoms with van der Waals surface area (Å²) < 4.78 is 47.5. The highest BCUT2D eigenvalue weighted by Gasteiger charge is 2.41. The smallest absolute Gasteiger partial charge is 0.416 e. The normalized spacial score (nSPS) is 18.3. The number of aryl methyl sites for hydroxylation is 1. The maximum Gasteiger partial charge on any atom is 0.416 e. The van der Waals surface area contributed by atoms with Crippen molar-refractivity contribution in [3.05, 3.63) is 64.7 Å². The number of esters is 1. The molecule has 0 unspecified atom stereocenters. The molecule has 1 N–H and O–H groups in total. The van der Waals surface area contributed by atoms with Crippen molar-refractivity contribution in [1.82, 2.24) is 10.3 Å². The first-order chi connectivity index (χ1) is 18.8. The molecule has 3 heterocycles. The van der Waals surface area contributed by atoms with Gasteiger partial charge in [0.1, 0.15) is 6.54 Å². The lowest BCUT2D eigenvalue weighted by atomic mass is 9.90. The van der Waals surface area contributed by atoms with Gasteiger partial charge in [0.2, 0.25) is 0 Å². The van der Waals surface area contributed by atoms with Crippen LogP contribution in [0.4, 0.5) is 13.2 Å². The second-order valence-electron chi connectivity index (χ2n) is 10.9. The van der Waals surface area contributed by atoms with Crippen LogP contribution in [0.1, 0.15) is 66.1 Å². The zero-order chi connectivity index (χ0) is 27.6. The second-order valence-corrected chi connectivity index (χ2v) is 10.9. The van der Waals surface area contributed by atoms with Crippen molar-refractivity contribution < 1.29 is 27.2 Å². The minimum Gasteiger partial charge on any atom is -0.465 e. The number of nitrogens with one attached hydrogen (secondary N) is 1. The van der Waals surface area contributed by atoms with Crippen LogP contribution in [0.15, 0.2) is 42.5 Å². The lowest BCUT2D eigenvalue weighted by Crippen LogP contribution is -2.60. The molecule has 5 rings (SSSR count). The lowest BCUT2D eigenvalue weighted by Gasteiger charge is -2.49. The number of hydrogen-bond acceptors (Lipinski definition) is 4. The van der Waals surface area contributed by atoms with E-state index in [0.29, 0.717) is 52.3 Å². The quantitative estimate of drug-likeness (QED) is 0.286. The van der Waals surface area contributed by atoms with Crippen LogP contribution in [-0.2, 0) is 23.9 Å². The van der Waals surface area contributed by atoms with Gasteiger partial charge in [-0.05, 0) is 43.4 Å². The first-order valence-corrected chi connectivity index (χ1v) is 14.0. The highest BCUT2D eigenvalue weighted by molar-refractivity contribution is 6.07. The third kappa shape index (κ3) is 5.41. The van der Waals surface area contributed by atoms with Crippen LogP contribution >= 0.6 is 0 Å². The first-order valence-electron chi connectivity index (χ1n) is 14.0. The number of para-hydroxylation sites is 1. The molecule has 0 bridgehead atoms. The number of pyridine rings is 1. The predicted molar refractivity (Wildman–Crippen MR) is 146 cm³/mol. The zero-order valence-corrected chi connectivity index (χ0v) is 22.7. The van der Waals surface area contributed by atoms with Gasteiger partial charge in [-0.25, -0.2) is 9.78 Å². The fraction of sp³-hybridized carbons (Fsp3) is 0.484. The van der Waals surface area contributed by atoms with E-state index in [0.717, 1.165) is 68.0 Å². The molecule has 2 fully saturated rings. The summed E-state index contributed by atoms with van der Waals surface area (Å²) in [6.45, 7) is 6.42. The highest BCUT2D eigenvalue weighted by atomic mass is 19.4. The van der Waals surface area contributed by atoms with E-state index in [-0.39, 0.29) is 0 Å². The molecule has 2 aromatic carbocycles. The number of benzene rings is 2. The van der Waals surface area contributed by atoms with E-state index >= 15 is 0 Å². The van der Waals surface area contributed by atoms with E-state index in [4.69, 9.17) is 9.72 Å². The number of aromatic nitrogens is 1. The van der Waals surface area contributed by atoms with E-state index in [1.807, 2.05) is 25.1 Å². The molecule has 1 aromatic heterocycles. The number of piperidine rings is 2. The summed E-state index contributed by atoms with van der Waals surface area (Å²) in [6.07, 6.45) is 1.63. The van der Waals surface area contributed by atoms with Crippen LogP contribution in [0, 0.1) is 0 Å². The number of ether oxygens (including phenoxy) is 1. The Morgan fingerprint density at radius 1 is 1.08 bits per heavy atom. The molecule has 8 heteroatoms. The molecule has 208 valence electrons. The number of methoxy groups -OCH3 is 1. The molecule has 0 radical (unpaired) electrons. The maximum absolute atomic E-state index is 13.8. The van der Waals surface area contributed by atoms with E-state index in [9.17, 15) is 18.0 Å². The lowest BCUT2D eigenvalue weighted by molar-refractivity contribution is -0.968. The van der Waals surface area contributed by atoms with Crippen LogP contribution in [0.25, 0.3) is 22.2 Å². The van der Waals surface area contributed by atoms with Crippen molar-refractivity contribution >= 4 is 16.9 Å². The van der Waals surface area contributed by atoms with Crippen molar-refractivity contribution in [2.45, 2.75) is 64.2 Å². The number of nitrogens with zero attached hydrogens (tertiary/aromatic N) is 2. The number of likely N-dealkylation sites (tertiary alicyclic amines) is 1. The zero-order valence-electron chi connectivity index (χ0n) is 22.7. The Labute approximate surface area is 228 Å². The van der Waals surface area contributed by atoms with Crippen molar-refractivity contribution in [3.63, 3.8) is 0 Å². The molecule has 0 spiro atoms. The molecule has 3 aromatic rings. The highest BCUT2D eigenvalue weighted by Crippen LogP contribution is 2.39. The van der Waals surface area contributed by atoms with E-state index in [2.05, 4.69) is 5.32 Å². The fourth-order valence-electron chi connectivity index (χ4n) is 6.71. The monoisotopic (exact) mass is 540 g/mol. The summed E-state index contributed by atoms with van der Waals surface area (Å²) in [6, 6.07) is 11.5. The maximum atomic E-state index is 13.8. The Bertz CT molecular complexity index is 1340. The van der Waals surface area contributed by atoms with Crippen LogP contribution < -0.4 is 5.32 Å². The summed E-state index contributed by atoms with van der Waals surface area (Å²) in [5.41, 5.74) is 2.81. The van der Waals surface area contributed by atoms with Gasteiger partial charge in [0.15, 0.2) is 0 Å². The summed E-state index contributed by atoms with van der Waals surface area (Å²) in [4.78, 5) is 18.6. The third-order valence-electron chi connectivity index (χ3n) is 8.70. The molecule has 2 aliphatic heterocycles. The number of rotatable bonds is 6. The van der Waals surface area contributed by atoms with Gasteiger partial charge in [-0.15, -0.1) is 0 Å². The van der Waals surface area contributed by atoms with Gasteiger partial charge in [-0.3, -0.25) is 0 Å². The number of alkyl halides is 3. The molecule has 0 atom stereocenters. The molecular formula is C31H37F3N3O2+. The van der Waals surface area contributed by atoms with Gasteiger partial charge in [-0.1, -0.05) is 37.3 Å². The average molecular weight is 541 g/mol. The van der Waals surface area contributed by atoms with Crippen molar-refractivity contribution in [2.75, 3.05) is 33.3 Å². The summed E-state index contributed by atoms with van der Waals surface area (Å²) >= 11 is 0. The molecular weight excluding hydrogens is 503 g/mol. The Morgan fingerprint density at radius 2 is 1.79 bits per heavy atom. The number of carbonyl (C=O) groups is 1. The Balaban J connectivity index is 1.80. The van der Waals surface area contributed by atoms with Crippen LogP contribution in [0.5, 0.6) is 0 Å². The minimum atomic E-state index is -4.48. The number of quaternary nitrogens is 1. The van der Waals surface area contributed by atoms with Crippen LogP contribution in [-0.4, -0.2) is 54.8 Å². The van der Waals surface area contributed by atoms with Gasteiger partial charge in [-0.2, -0.15) is 13.2 Å². The number of hydrogen-bond donors (Lipinski definition) is 1. The van der Waals surface area contributed by atoms with Gasteiger partial charge >= 0.3 is 12.1 Å². The topological polar surface area (TPSA) is 51.2 Å². The third-order valence-corrected chi connectivity index (χ3v) is 8.70. The molecule has 2 saturated heterocycles. The van der Waals surface area contributed by atoms with Gasteiger partial charge in [0.25, 0.3) is 0 Å². The summed E-state index contributed by atoms with van der Waals surface area (Å²) in [7, 11) is 1.37. The van der Waals surface area contributed by atoms with Crippen LogP contribution in [0.3, 0.4) is 0 Å². The van der Waals surface area contributed by atoms with Gasteiger partial charge in [0, 0.05) is 42.4 Å². The molecule has 2 aliphatic rings. The fourth-order valence-corrected chi connectivity index (χ4v) is 6.71.